The fraction of sp³-hybridized carbons (Fsp3) is 0.571. The molecular formula is C14H21ClN2O2S. The van der Waals surface area contributed by atoms with Gasteiger partial charge in [-0.15, -0.1) is 0 Å². The SMILES string of the molecule is CC1CCCCCC1NS(=O)(=O)c1cc(N)ccc1Cl. The molecule has 1 aromatic rings. The van der Waals surface area contributed by atoms with Gasteiger partial charge in [-0.05, 0) is 37.0 Å². The van der Waals surface area contributed by atoms with Crippen molar-refractivity contribution in [1.29, 1.82) is 0 Å². The number of hydrogen-bond donors (Lipinski definition) is 2. The van der Waals surface area contributed by atoms with Crippen LogP contribution in [0.5, 0.6) is 0 Å². The van der Waals surface area contributed by atoms with E-state index in [1.165, 1.54) is 25.0 Å². The molecule has 1 aliphatic carbocycles. The lowest BCUT2D eigenvalue weighted by atomic mass is 9.98. The van der Waals surface area contributed by atoms with Crippen LogP contribution < -0.4 is 10.5 Å². The molecule has 0 spiro atoms. The first-order chi connectivity index (χ1) is 9.40. The van der Waals surface area contributed by atoms with E-state index in [2.05, 4.69) is 11.6 Å². The minimum absolute atomic E-state index is 0.0278. The van der Waals surface area contributed by atoms with E-state index in [0.29, 0.717) is 11.6 Å². The molecule has 2 unspecified atom stereocenters. The topological polar surface area (TPSA) is 72.2 Å². The Kier molecular flexibility index (Phi) is 4.94. The standard InChI is InChI=1S/C14H21ClN2O2S/c1-10-5-3-2-4-6-13(10)17-20(18,19)14-9-11(16)7-8-12(14)15/h7-10,13,17H,2-6,16H2,1H3. The van der Waals surface area contributed by atoms with Crippen LogP contribution in [-0.4, -0.2) is 14.5 Å². The number of nitrogen functional groups attached to an aromatic ring is 1. The third-order valence-electron chi connectivity index (χ3n) is 3.91. The molecule has 1 aliphatic rings. The van der Waals surface area contributed by atoms with E-state index in [4.69, 9.17) is 17.3 Å². The zero-order valence-corrected chi connectivity index (χ0v) is 13.2. The lowest BCUT2D eigenvalue weighted by molar-refractivity contribution is 0.399. The predicted octanol–water partition coefficient (Wildman–Crippen LogP) is 3.17. The van der Waals surface area contributed by atoms with Crippen molar-refractivity contribution in [1.82, 2.24) is 4.72 Å². The Bertz CT molecular complexity index is 575. The third kappa shape index (κ3) is 3.65. The van der Waals surface area contributed by atoms with E-state index >= 15 is 0 Å². The number of halogens is 1. The highest BCUT2D eigenvalue weighted by molar-refractivity contribution is 7.89. The molecule has 1 fully saturated rings. The summed E-state index contributed by atoms with van der Waals surface area (Å²) in [6.07, 6.45) is 5.32. The first-order valence-electron chi connectivity index (χ1n) is 6.97. The summed E-state index contributed by atoms with van der Waals surface area (Å²) in [4.78, 5) is 0.0654. The van der Waals surface area contributed by atoms with Gasteiger partial charge in [-0.25, -0.2) is 13.1 Å². The van der Waals surface area contributed by atoms with E-state index in [1.807, 2.05) is 0 Å². The number of sulfonamides is 1. The van der Waals surface area contributed by atoms with Crippen molar-refractivity contribution in [3.8, 4) is 0 Å². The molecule has 0 heterocycles. The molecule has 0 saturated heterocycles. The Morgan fingerprint density at radius 3 is 2.70 bits per heavy atom. The second-order valence-corrected chi connectivity index (χ2v) is 7.62. The van der Waals surface area contributed by atoms with Crippen LogP contribution in [0.25, 0.3) is 0 Å². The van der Waals surface area contributed by atoms with Crippen molar-refractivity contribution in [2.75, 3.05) is 5.73 Å². The van der Waals surface area contributed by atoms with Gasteiger partial charge >= 0.3 is 0 Å². The smallest absolute Gasteiger partial charge is 0.242 e. The van der Waals surface area contributed by atoms with Crippen LogP contribution in [0.1, 0.15) is 39.0 Å². The van der Waals surface area contributed by atoms with Gasteiger partial charge in [-0.2, -0.15) is 0 Å². The van der Waals surface area contributed by atoms with Gasteiger partial charge in [-0.3, -0.25) is 0 Å². The van der Waals surface area contributed by atoms with Gasteiger partial charge < -0.3 is 5.73 Å². The number of anilines is 1. The maximum Gasteiger partial charge on any atom is 0.242 e. The highest BCUT2D eigenvalue weighted by Crippen LogP contribution is 2.27. The van der Waals surface area contributed by atoms with Crippen molar-refractivity contribution >= 4 is 27.3 Å². The quantitative estimate of drug-likeness (QED) is 0.664. The molecule has 0 aromatic heterocycles. The molecule has 6 heteroatoms. The molecule has 2 rings (SSSR count). The van der Waals surface area contributed by atoms with Crippen LogP contribution in [0.2, 0.25) is 5.02 Å². The minimum Gasteiger partial charge on any atom is -0.399 e. The van der Waals surface area contributed by atoms with Gasteiger partial charge in [0.05, 0.1) is 5.02 Å². The van der Waals surface area contributed by atoms with Crippen LogP contribution >= 0.6 is 11.6 Å². The van der Waals surface area contributed by atoms with Gasteiger partial charge in [0.1, 0.15) is 4.90 Å². The Morgan fingerprint density at radius 1 is 1.25 bits per heavy atom. The fourth-order valence-corrected chi connectivity index (χ4v) is 4.57. The molecule has 20 heavy (non-hydrogen) atoms. The lowest BCUT2D eigenvalue weighted by Gasteiger charge is -2.23. The Balaban J connectivity index is 2.24. The van der Waals surface area contributed by atoms with Crippen LogP contribution in [0.3, 0.4) is 0 Å². The van der Waals surface area contributed by atoms with Crippen LogP contribution in [-0.2, 0) is 10.0 Å². The normalized spacial score (nSPS) is 24.3. The molecule has 1 aromatic carbocycles. The van der Waals surface area contributed by atoms with Gasteiger partial charge in [-0.1, -0.05) is 37.8 Å². The Hall–Kier alpha value is -0.780. The summed E-state index contributed by atoms with van der Waals surface area (Å²) >= 11 is 5.99. The van der Waals surface area contributed by atoms with Gasteiger partial charge in [0, 0.05) is 11.7 Å². The average Bonchev–Trinajstić information content (AvgIpc) is 2.57. The predicted molar refractivity (Wildman–Crippen MR) is 82.2 cm³/mol. The number of rotatable bonds is 3. The summed E-state index contributed by atoms with van der Waals surface area (Å²) in [6.45, 7) is 2.10. The van der Waals surface area contributed by atoms with E-state index in [1.54, 1.807) is 6.07 Å². The van der Waals surface area contributed by atoms with Crippen LogP contribution in [0, 0.1) is 5.92 Å². The van der Waals surface area contributed by atoms with E-state index < -0.39 is 10.0 Å². The molecule has 3 N–H and O–H groups in total. The zero-order chi connectivity index (χ0) is 14.8. The van der Waals surface area contributed by atoms with Crippen LogP contribution in [0.4, 0.5) is 5.69 Å². The number of nitrogens with one attached hydrogen (secondary N) is 1. The molecule has 1 saturated carbocycles. The molecule has 0 radical (unpaired) electrons. The van der Waals surface area contributed by atoms with Gasteiger partial charge in [0.15, 0.2) is 0 Å². The average molecular weight is 317 g/mol. The van der Waals surface area contributed by atoms with Crippen molar-refractivity contribution in [2.45, 2.75) is 50.0 Å². The Morgan fingerprint density at radius 2 is 1.95 bits per heavy atom. The molecule has 2 atom stereocenters. The summed E-state index contributed by atoms with van der Waals surface area (Å²) in [5.74, 6) is 0.340. The molecule has 0 amide bonds. The fourth-order valence-electron chi connectivity index (χ4n) is 2.66. The Labute approximate surface area is 125 Å². The number of benzene rings is 1. The zero-order valence-electron chi connectivity index (χ0n) is 11.6. The first kappa shape index (κ1) is 15.6. The summed E-state index contributed by atoms with van der Waals surface area (Å²) < 4.78 is 27.8. The first-order valence-corrected chi connectivity index (χ1v) is 8.83. The number of nitrogens with two attached hydrogens (primary N) is 1. The second-order valence-electron chi connectivity index (χ2n) is 5.53. The maximum atomic E-state index is 12.5. The monoisotopic (exact) mass is 316 g/mol. The molecule has 0 aliphatic heterocycles. The summed E-state index contributed by atoms with van der Waals surface area (Å²) in [5.41, 5.74) is 6.05. The lowest BCUT2D eigenvalue weighted by Crippen LogP contribution is -2.38. The highest BCUT2D eigenvalue weighted by atomic mass is 35.5. The largest absolute Gasteiger partial charge is 0.399 e. The number of hydrogen-bond acceptors (Lipinski definition) is 3. The maximum absolute atomic E-state index is 12.5. The summed E-state index contributed by atoms with van der Waals surface area (Å²) in [5, 5.41) is 0.202. The molecule has 4 nitrogen and oxygen atoms in total. The van der Waals surface area contributed by atoms with Crippen molar-refractivity contribution < 1.29 is 8.42 Å². The van der Waals surface area contributed by atoms with Gasteiger partial charge in [0.25, 0.3) is 0 Å². The highest BCUT2D eigenvalue weighted by Gasteiger charge is 2.27. The molecular weight excluding hydrogens is 296 g/mol. The summed E-state index contributed by atoms with van der Waals surface area (Å²) in [7, 11) is -3.62. The van der Waals surface area contributed by atoms with E-state index in [9.17, 15) is 8.42 Å². The summed E-state index contributed by atoms with van der Waals surface area (Å²) in [6, 6.07) is 4.49. The molecule has 0 bridgehead atoms. The van der Waals surface area contributed by atoms with Gasteiger partial charge in [0.2, 0.25) is 10.0 Å². The van der Waals surface area contributed by atoms with Crippen molar-refractivity contribution in [3.05, 3.63) is 23.2 Å². The van der Waals surface area contributed by atoms with Crippen molar-refractivity contribution in [2.24, 2.45) is 5.92 Å². The van der Waals surface area contributed by atoms with E-state index in [0.717, 1.165) is 19.3 Å². The third-order valence-corrected chi connectivity index (χ3v) is 5.88. The molecule has 112 valence electrons. The van der Waals surface area contributed by atoms with Crippen LogP contribution in [0.15, 0.2) is 23.1 Å². The second kappa shape index (κ2) is 6.33. The minimum atomic E-state index is -3.62. The van der Waals surface area contributed by atoms with E-state index in [-0.39, 0.29) is 16.0 Å². The van der Waals surface area contributed by atoms with Crippen molar-refractivity contribution in [3.63, 3.8) is 0 Å².